The summed E-state index contributed by atoms with van der Waals surface area (Å²) in [5.74, 6) is -0.815. The van der Waals surface area contributed by atoms with E-state index in [0.717, 1.165) is 0 Å². The molecule has 0 aromatic carbocycles. The summed E-state index contributed by atoms with van der Waals surface area (Å²) in [4.78, 5) is 11.5. The number of nitrogens with zero attached hydrogens (tertiary/aromatic N) is 1. The van der Waals surface area contributed by atoms with Crippen LogP contribution in [-0.2, 0) is 4.79 Å². The van der Waals surface area contributed by atoms with E-state index in [-0.39, 0.29) is 25.6 Å². The monoisotopic (exact) mass is 270 g/mol. The minimum absolute atomic E-state index is 0.0694. The zero-order valence-electron chi connectivity index (χ0n) is 9.70. The summed E-state index contributed by atoms with van der Waals surface area (Å²) in [6.45, 7) is 1.75. The van der Waals surface area contributed by atoms with Crippen LogP contribution in [0, 0.1) is 0 Å². The summed E-state index contributed by atoms with van der Waals surface area (Å²) in [6.07, 6.45) is 0. The molecule has 104 valence electrons. The van der Waals surface area contributed by atoms with Crippen LogP contribution in [0.2, 0.25) is 0 Å². The van der Waals surface area contributed by atoms with Crippen molar-refractivity contribution in [3.63, 3.8) is 0 Å². The van der Waals surface area contributed by atoms with Crippen molar-refractivity contribution in [2.45, 2.75) is 6.04 Å². The number of aliphatic hydroxyl groups excluding tert-OH is 3. The van der Waals surface area contributed by atoms with Crippen LogP contribution in [-0.4, -0.2) is 82.5 Å². The van der Waals surface area contributed by atoms with E-state index in [9.17, 15) is 4.79 Å². The SMILES string of the molecule is NC(CS)C(=O)O.OCCN(CCO)CCO. The lowest BCUT2D eigenvalue weighted by atomic mass is 10.4. The molecule has 0 amide bonds. The number of carbonyl (C=O) groups is 1. The molecule has 1 atom stereocenters. The van der Waals surface area contributed by atoms with E-state index in [1.807, 2.05) is 0 Å². The third kappa shape index (κ3) is 13.6. The average molecular weight is 270 g/mol. The van der Waals surface area contributed by atoms with Gasteiger partial charge < -0.3 is 26.2 Å². The highest BCUT2D eigenvalue weighted by molar-refractivity contribution is 7.80. The minimum atomic E-state index is -1.00. The van der Waals surface area contributed by atoms with Crippen molar-refractivity contribution < 1.29 is 25.2 Å². The minimum Gasteiger partial charge on any atom is -0.480 e. The highest BCUT2D eigenvalue weighted by Crippen LogP contribution is 1.84. The number of nitrogens with two attached hydrogens (primary N) is 1. The van der Waals surface area contributed by atoms with Gasteiger partial charge in [-0.1, -0.05) is 0 Å². The van der Waals surface area contributed by atoms with Crippen molar-refractivity contribution in [1.29, 1.82) is 0 Å². The van der Waals surface area contributed by atoms with Gasteiger partial charge in [0.1, 0.15) is 6.04 Å². The maximum Gasteiger partial charge on any atom is 0.321 e. The van der Waals surface area contributed by atoms with Crippen molar-refractivity contribution in [2.24, 2.45) is 5.73 Å². The Bertz CT molecular complexity index is 171. The predicted molar refractivity (Wildman–Crippen MR) is 67.2 cm³/mol. The third-order valence-corrected chi connectivity index (χ3v) is 2.16. The van der Waals surface area contributed by atoms with Crippen LogP contribution in [0.15, 0.2) is 0 Å². The molecule has 0 bridgehead atoms. The lowest BCUT2D eigenvalue weighted by Gasteiger charge is -2.17. The smallest absolute Gasteiger partial charge is 0.321 e. The zero-order chi connectivity index (χ0) is 13.7. The Kier molecular flexibility index (Phi) is 15.3. The first kappa shape index (κ1) is 19.0. The van der Waals surface area contributed by atoms with Gasteiger partial charge in [-0.05, 0) is 0 Å². The quantitative estimate of drug-likeness (QED) is 0.271. The lowest BCUT2D eigenvalue weighted by Crippen LogP contribution is -2.32. The summed E-state index contributed by atoms with van der Waals surface area (Å²) < 4.78 is 0. The van der Waals surface area contributed by atoms with Gasteiger partial charge in [0.15, 0.2) is 0 Å². The molecule has 0 aliphatic carbocycles. The molecule has 0 heterocycles. The molecule has 0 aromatic heterocycles. The third-order valence-electron chi connectivity index (χ3n) is 1.76. The first-order valence-corrected chi connectivity index (χ1v) is 5.80. The second kappa shape index (κ2) is 13.7. The van der Waals surface area contributed by atoms with Gasteiger partial charge >= 0.3 is 5.97 Å². The second-order valence-electron chi connectivity index (χ2n) is 3.14. The molecule has 0 radical (unpaired) electrons. The largest absolute Gasteiger partial charge is 0.480 e. The van der Waals surface area contributed by atoms with Gasteiger partial charge in [0.2, 0.25) is 0 Å². The highest BCUT2D eigenvalue weighted by atomic mass is 32.1. The molecule has 6 N–H and O–H groups in total. The Morgan fingerprint density at radius 1 is 1.12 bits per heavy atom. The number of hydrogen-bond acceptors (Lipinski definition) is 7. The van der Waals surface area contributed by atoms with Crippen LogP contribution >= 0.6 is 12.6 Å². The van der Waals surface area contributed by atoms with E-state index >= 15 is 0 Å². The first-order chi connectivity index (χ1) is 8.03. The molecule has 0 saturated heterocycles. The van der Waals surface area contributed by atoms with Crippen molar-refractivity contribution in [3.8, 4) is 0 Å². The van der Waals surface area contributed by atoms with Gasteiger partial charge in [0, 0.05) is 25.4 Å². The van der Waals surface area contributed by atoms with Crippen LogP contribution < -0.4 is 5.73 Å². The maximum absolute atomic E-state index is 9.76. The fourth-order valence-electron chi connectivity index (χ4n) is 0.838. The first-order valence-electron chi connectivity index (χ1n) is 5.17. The van der Waals surface area contributed by atoms with Gasteiger partial charge in [-0.15, -0.1) is 0 Å². The van der Waals surface area contributed by atoms with Gasteiger partial charge in [0.25, 0.3) is 0 Å². The van der Waals surface area contributed by atoms with Crippen LogP contribution in [0.4, 0.5) is 0 Å². The normalized spacial score (nSPS) is 11.9. The molecule has 1 unspecified atom stereocenters. The predicted octanol–water partition coefficient (Wildman–Crippen LogP) is -2.41. The molecule has 0 aromatic rings. The molecular formula is C9H22N2O5S. The Hall–Kier alpha value is -0.380. The molecule has 7 nitrogen and oxygen atoms in total. The summed E-state index contributed by atoms with van der Waals surface area (Å²) >= 11 is 3.65. The molecule has 0 aliphatic rings. The molecule has 0 fully saturated rings. The Labute approximate surface area is 106 Å². The molecule has 0 rings (SSSR count). The number of carboxylic acid groups (broad SMARTS) is 1. The van der Waals surface area contributed by atoms with E-state index < -0.39 is 12.0 Å². The molecule has 17 heavy (non-hydrogen) atoms. The average Bonchev–Trinajstić information content (AvgIpc) is 2.30. The Morgan fingerprint density at radius 3 is 1.59 bits per heavy atom. The zero-order valence-corrected chi connectivity index (χ0v) is 10.6. The molecule has 0 saturated carbocycles. The van der Waals surface area contributed by atoms with E-state index in [1.165, 1.54) is 0 Å². The van der Waals surface area contributed by atoms with E-state index in [2.05, 4.69) is 12.6 Å². The maximum atomic E-state index is 9.76. The number of hydrogen-bond donors (Lipinski definition) is 6. The van der Waals surface area contributed by atoms with Crippen molar-refractivity contribution in [2.75, 3.05) is 45.2 Å². The molecular weight excluding hydrogens is 248 g/mol. The number of carboxylic acids is 1. The van der Waals surface area contributed by atoms with Crippen LogP contribution in [0.3, 0.4) is 0 Å². The summed E-state index contributed by atoms with van der Waals surface area (Å²) in [5, 5.41) is 33.5. The Balaban J connectivity index is 0. The topological polar surface area (TPSA) is 127 Å². The van der Waals surface area contributed by atoms with E-state index in [1.54, 1.807) is 4.90 Å². The lowest BCUT2D eigenvalue weighted by molar-refractivity contribution is -0.137. The highest BCUT2D eigenvalue weighted by Gasteiger charge is 2.06. The van der Waals surface area contributed by atoms with Crippen LogP contribution in [0.25, 0.3) is 0 Å². The summed E-state index contributed by atoms with van der Waals surface area (Å²) in [5.41, 5.74) is 4.94. The molecule has 0 spiro atoms. The second-order valence-corrected chi connectivity index (χ2v) is 3.50. The number of rotatable bonds is 8. The van der Waals surface area contributed by atoms with Crippen LogP contribution in [0.1, 0.15) is 0 Å². The van der Waals surface area contributed by atoms with Gasteiger partial charge in [-0.2, -0.15) is 12.6 Å². The van der Waals surface area contributed by atoms with Crippen molar-refractivity contribution in [1.82, 2.24) is 4.90 Å². The summed E-state index contributed by atoms with van der Waals surface area (Å²) in [6, 6.07) is -0.816. The molecule has 0 aliphatic heterocycles. The van der Waals surface area contributed by atoms with Crippen molar-refractivity contribution in [3.05, 3.63) is 0 Å². The van der Waals surface area contributed by atoms with Gasteiger partial charge in [0.05, 0.1) is 19.8 Å². The number of aliphatic carboxylic acids is 1. The fraction of sp³-hybridized carbons (Fsp3) is 0.889. The summed E-state index contributed by atoms with van der Waals surface area (Å²) in [7, 11) is 0. The standard InChI is InChI=1S/C6H15NO3.C3H7NO2S/c8-4-1-7(2-5-9)3-6-10;4-2(1-7)3(5)6/h8-10H,1-6H2;2,7H,1,4H2,(H,5,6). The van der Waals surface area contributed by atoms with Crippen LogP contribution in [0.5, 0.6) is 0 Å². The molecule has 8 heteroatoms. The number of thiol groups is 1. The van der Waals surface area contributed by atoms with E-state index in [0.29, 0.717) is 19.6 Å². The fourth-order valence-corrected chi connectivity index (χ4v) is 0.994. The number of aliphatic hydroxyl groups is 3. The van der Waals surface area contributed by atoms with Gasteiger partial charge in [-0.25, -0.2) is 0 Å². The van der Waals surface area contributed by atoms with E-state index in [4.69, 9.17) is 26.2 Å². The van der Waals surface area contributed by atoms with Gasteiger partial charge in [-0.3, -0.25) is 9.69 Å². The van der Waals surface area contributed by atoms with Crippen molar-refractivity contribution >= 4 is 18.6 Å². The Morgan fingerprint density at radius 2 is 1.47 bits per heavy atom.